The summed E-state index contributed by atoms with van der Waals surface area (Å²) in [6.45, 7) is 0. The number of para-hydroxylation sites is 1. The van der Waals surface area contributed by atoms with Crippen molar-refractivity contribution >= 4 is 11.9 Å². The Bertz CT molecular complexity index is 709. The van der Waals surface area contributed by atoms with E-state index in [4.69, 9.17) is 4.74 Å². The average Bonchev–Trinajstić information content (AvgIpc) is 2.52. The number of carbonyl (C=O) groups is 1. The molecule has 0 aliphatic carbocycles. The second-order valence-electron chi connectivity index (χ2n) is 4.36. The van der Waals surface area contributed by atoms with Crippen LogP contribution in [-0.2, 0) is 6.18 Å². The number of benzene rings is 1. The standard InChI is InChI=1S/C16H12F3NO2/c1-22-15-5-3-2-4-12(15)14(21)7-6-11-10-20-9-8-13(11)16(17,18)19/h2-10H,1H3/b7-6+. The molecular formula is C16H12F3NO2. The van der Waals surface area contributed by atoms with Crippen molar-refractivity contribution in [2.24, 2.45) is 0 Å². The molecule has 2 aromatic rings. The Morgan fingerprint density at radius 3 is 2.64 bits per heavy atom. The number of rotatable bonds is 4. The minimum atomic E-state index is -4.50. The van der Waals surface area contributed by atoms with Gasteiger partial charge in [-0.1, -0.05) is 12.1 Å². The first-order valence-corrected chi connectivity index (χ1v) is 6.30. The van der Waals surface area contributed by atoms with Crippen molar-refractivity contribution in [3.8, 4) is 5.75 Å². The largest absolute Gasteiger partial charge is 0.496 e. The van der Waals surface area contributed by atoms with Crippen LogP contribution in [0, 0.1) is 0 Å². The van der Waals surface area contributed by atoms with Gasteiger partial charge in [-0.2, -0.15) is 13.2 Å². The zero-order chi connectivity index (χ0) is 16.2. The summed E-state index contributed by atoms with van der Waals surface area (Å²) in [5.41, 5.74) is -0.733. The highest BCUT2D eigenvalue weighted by Crippen LogP contribution is 2.32. The number of carbonyl (C=O) groups excluding carboxylic acids is 1. The molecule has 0 amide bonds. The highest BCUT2D eigenvalue weighted by Gasteiger charge is 2.32. The molecule has 0 atom stereocenters. The van der Waals surface area contributed by atoms with Crippen molar-refractivity contribution < 1.29 is 22.7 Å². The topological polar surface area (TPSA) is 39.2 Å². The molecule has 2 rings (SSSR count). The van der Waals surface area contributed by atoms with E-state index in [0.29, 0.717) is 5.75 Å². The van der Waals surface area contributed by atoms with Gasteiger partial charge in [0.2, 0.25) is 0 Å². The summed E-state index contributed by atoms with van der Waals surface area (Å²) < 4.78 is 43.6. The van der Waals surface area contributed by atoms with Crippen LogP contribution in [0.1, 0.15) is 21.5 Å². The Labute approximate surface area is 125 Å². The molecule has 22 heavy (non-hydrogen) atoms. The van der Waals surface area contributed by atoms with Crippen LogP contribution in [0.15, 0.2) is 48.8 Å². The molecule has 0 spiro atoms. The Morgan fingerprint density at radius 2 is 1.95 bits per heavy atom. The molecule has 114 valence electrons. The zero-order valence-electron chi connectivity index (χ0n) is 11.6. The number of nitrogens with zero attached hydrogens (tertiary/aromatic N) is 1. The van der Waals surface area contributed by atoms with E-state index in [-0.39, 0.29) is 11.1 Å². The second kappa shape index (κ2) is 6.43. The Morgan fingerprint density at radius 1 is 1.23 bits per heavy atom. The number of ether oxygens (including phenoxy) is 1. The minimum absolute atomic E-state index is 0.168. The van der Waals surface area contributed by atoms with Gasteiger partial charge in [0.1, 0.15) is 5.75 Å². The molecule has 0 unspecified atom stereocenters. The highest BCUT2D eigenvalue weighted by atomic mass is 19.4. The summed E-state index contributed by atoms with van der Waals surface area (Å²) in [7, 11) is 1.42. The van der Waals surface area contributed by atoms with E-state index in [1.165, 1.54) is 7.11 Å². The summed E-state index contributed by atoms with van der Waals surface area (Å²) in [4.78, 5) is 15.7. The molecule has 0 saturated carbocycles. The maximum absolute atomic E-state index is 12.8. The van der Waals surface area contributed by atoms with Crippen LogP contribution in [0.25, 0.3) is 6.08 Å². The van der Waals surface area contributed by atoms with Crippen LogP contribution >= 0.6 is 0 Å². The molecule has 0 saturated heterocycles. The lowest BCUT2D eigenvalue weighted by molar-refractivity contribution is -0.137. The molecule has 0 fully saturated rings. The SMILES string of the molecule is COc1ccccc1C(=O)/C=C/c1cnccc1C(F)(F)F. The predicted molar refractivity (Wildman–Crippen MR) is 75.6 cm³/mol. The minimum Gasteiger partial charge on any atom is -0.496 e. The van der Waals surface area contributed by atoms with Crippen LogP contribution in [-0.4, -0.2) is 17.9 Å². The lowest BCUT2D eigenvalue weighted by Crippen LogP contribution is -2.07. The summed E-state index contributed by atoms with van der Waals surface area (Å²) in [5, 5.41) is 0. The molecule has 0 radical (unpaired) electrons. The van der Waals surface area contributed by atoms with E-state index in [1.807, 2.05) is 0 Å². The first-order chi connectivity index (χ1) is 10.4. The van der Waals surface area contributed by atoms with Gasteiger partial charge in [-0.05, 0) is 30.4 Å². The van der Waals surface area contributed by atoms with Crippen LogP contribution in [0.3, 0.4) is 0 Å². The van der Waals surface area contributed by atoms with E-state index in [9.17, 15) is 18.0 Å². The Hall–Kier alpha value is -2.63. The van der Waals surface area contributed by atoms with Gasteiger partial charge in [0.15, 0.2) is 5.78 Å². The van der Waals surface area contributed by atoms with E-state index >= 15 is 0 Å². The average molecular weight is 307 g/mol. The van der Waals surface area contributed by atoms with Crippen molar-refractivity contribution in [3.63, 3.8) is 0 Å². The van der Waals surface area contributed by atoms with Gasteiger partial charge in [-0.25, -0.2) is 0 Å². The van der Waals surface area contributed by atoms with Gasteiger partial charge in [0, 0.05) is 18.0 Å². The third-order valence-corrected chi connectivity index (χ3v) is 2.94. The van der Waals surface area contributed by atoms with Crippen LogP contribution < -0.4 is 4.74 Å². The second-order valence-corrected chi connectivity index (χ2v) is 4.36. The summed E-state index contributed by atoms with van der Waals surface area (Å²) >= 11 is 0. The summed E-state index contributed by atoms with van der Waals surface area (Å²) in [5.74, 6) is -0.0891. The quantitative estimate of drug-likeness (QED) is 0.633. The van der Waals surface area contributed by atoms with Gasteiger partial charge in [0.05, 0.1) is 18.2 Å². The smallest absolute Gasteiger partial charge is 0.417 e. The number of halogens is 3. The molecule has 0 aliphatic heterocycles. The Kier molecular flexibility index (Phi) is 4.60. The number of alkyl halides is 3. The molecule has 1 aromatic heterocycles. The third-order valence-electron chi connectivity index (χ3n) is 2.94. The monoisotopic (exact) mass is 307 g/mol. The van der Waals surface area contributed by atoms with Crippen molar-refractivity contribution in [2.45, 2.75) is 6.18 Å². The predicted octanol–water partition coefficient (Wildman–Crippen LogP) is 4.01. The maximum atomic E-state index is 12.8. The molecule has 3 nitrogen and oxygen atoms in total. The van der Waals surface area contributed by atoms with Crippen molar-refractivity contribution in [1.82, 2.24) is 4.98 Å². The third kappa shape index (κ3) is 3.52. The molecule has 0 aliphatic rings. The van der Waals surface area contributed by atoms with Crippen molar-refractivity contribution in [1.29, 1.82) is 0 Å². The van der Waals surface area contributed by atoms with Gasteiger partial charge in [-0.15, -0.1) is 0 Å². The molecule has 1 aromatic carbocycles. The highest BCUT2D eigenvalue weighted by molar-refractivity contribution is 6.08. The number of methoxy groups -OCH3 is 1. The van der Waals surface area contributed by atoms with Crippen molar-refractivity contribution in [3.05, 3.63) is 65.5 Å². The van der Waals surface area contributed by atoms with Gasteiger partial charge in [-0.3, -0.25) is 9.78 Å². The van der Waals surface area contributed by atoms with Gasteiger partial charge in [0.25, 0.3) is 0 Å². The number of hydrogen-bond donors (Lipinski definition) is 0. The fourth-order valence-corrected chi connectivity index (χ4v) is 1.90. The zero-order valence-corrected chi connectivity index (χ0v) is 11.6. The number of aromatic nitrogens is 1. The molecule has 6 heteroatoms. The maximum Gasteiger partial charge on any atom is 0.417 e. The summed E-state index contributed by atoms with van der Waals surface area (Å²) in [6.07, 6.45) is -0.207. The Balaban J connectivity index is 2.32. The molecule has 1 heterocycles. The van der Waals surface area contributed by atoms with Gasteiger partial charge < -0.3 is 4.74 Å². The van der Waals surface area contributed by atoms with E-state index in [0.717, 1.165) is 30.6 Å². The van der Waals surface area contributed by atoms with Crippen LogP contribution in [0.5, 0.6) is 5.75 Å². The lowest BCUT2D eigenvalue weighted by Gasteiger charge is -2.09. The first-order valence-electron chi connectivity index (χ1n) is 6.30. The fourth-order valence-electron chi connectivity index (χ4n) is 1.90. The number of pyridine rings is 1. The van der Waals surface area contributed by atoms with Crippen molar-refractivity contribution in [2.75, 3.05) is 7.11 Å². The first kappa shape index (κ1) is 15.8. The summed E-state index contributed by atoms with van der Waals surface area (Å²) in [6, 6.07) is 7.36. The van der Waals surface area contributed by atoms with Crippen LogP contribution in [0.4, 0.5) is 13.2 Å². The normalized spacial score (nSPS) is 11.6. The molecule has 0 N–H and O–H groups in total. The van der Waals surface area contributed by atoms with E-state index < -0.39 is 17.5 Å². The lowest BCUT2D eigenvalue weighted by atomic mass is 10.1. The number of allylic oxidation sites excluding steroid dienone is 1. The van der Waals surface area contributed by atoms with E-state index in [1.54, 1.807) is 24.3 Å². The fraction of sp³-hybridized carbons (Fsp3) is 0.125. The number of hydrogen-bond acceptors (Lipinski definition) is 3. The van der Waals surface area contributed by atoms with Crippen LogP contribution in [0.2, 0.25) is 0 Å². The van der Waals surface area contributed by atoms with Gasteiger partial charge >= 0.3 is 6.18 Å². The number of ketones is 1. The van der Waals surface area contributed by atoms with E-state index in [2.05, 4.69) is 4.98 Å². The molecule has 0 bridgehead atoms. The molecular weight excluding hydrogens is 295 g/mol.